The Morgan fingerprint density at radius 2 is 2.03 bits per heavy atom. The van der Waals surface area contributed by atoms with E-state index >= 15 is 0 Å². The molecule has 2 aromatic heterocycles. The summed E-state index contributed by atoms with van der Waals surface area (Å²) in [6, 6.07) is 14.1. The van der Waals surface area contributed by atoms with Gasteiger partial charge in [-0.25, -0.2) is 4.79 Å². The van der Waals surface area contributed by atoms with Crippen LogP contribution in [0.25, 0.3) is 0 Å². The fourth-order valence-corrected chi connectivity index (χ4v) is 5.01. The average Bonchev–Trinajstić information content (AvgIpc) is 3.30. The Morgan fingerprint density at radius 1 is 1.15 bits per heavy atom. The van der Waals surface area contributed by atoms with Crippen molar-refractivity contribution in [1.82, 2.24) is 24.9 Å². The van der Waals surface area contributed by atoms with Gasteiger partial charge < -0.3 is 4.90 Å². The maximum Gasteiger partial charge on any atom is 0.438 e. The number of benzene rings is 1. The molecule has 3 atom stereocenters. The number of rotatable bonds is 6. The summed E-state index contributed by atoms with van der Waals surface area (Å²) in [5, 5.41) is 3.86. The van der Waals surface area contributed by atoms with Gasteiger partial charge in [-0.1, -0.05) is 59.8 Å². The van der Waals surface area contributed by atoms with Crippen molar-refractivity contribution < 1.29 is 9.32 Å². The Hall–Kier alpha value is -3.78. The molecule has 0 spiro atoms. The smallest absolute Gasteiger partial charge is 0.333 e. The van der Waals surface area contributed by atoms with Crippen molar-refractivity contribution in [1.29, 1.82) is 0 Å². The van der Waals surface area contributed by atoms with Crippen LogP contribution < -0.4 is 5.76 Å². The molecule has 0 radical (unpaired) electrons. The summed E-state index contributed by atoms with van der Waals surface area (Å²) in [4.78, 5) is 36.0. The molecule has 1 N–H and O–H groups in total. The quantitative estimate of drug-likeness (QED) is 0.612. The number of hydrogen-bond donors (Lipinski definition) is 1. The maximum atomic E-state index is 13.4. The molecule has 8 nitrogen and oxygen atoms in total. The standard InChI is InChI=1S/C26H27N5O3/c32-25(21-12-7-13-27-17-21)31-15-14-30(18-22(31)16-23-28-26(33)34-29-23)24(19-8-3-1-4-9-19)20-10-5-2-6-11-20/h1-10,12-13,17,20,22,24H,11,14-16,18H2,(H,28,29,33)/t20?,22-,24?/m0/s1. The second-order valence-corrected chi connectivity index (χ2v) is 8.70. The van der Waals surface area contributed by atoms with Gasteiger partial charge in [0.25, 0.3) is 5.91 Å². The summed E-state index contributed by atoms with van der Waals surface area (Å²) in [6.07, 6.45) is 13.3. The van der Waals surface area contributed by atoms with E-state index in [0.29, 0.717) is 36.8 Å². The number of aromatic amines is 1. The molecule has 1 aliphatic carbocycles. The lowest BCUT2D eigenvalue weighted by Gasteiger charge is -2.46. The van der Waals surface area contributed by atoms with Gasteiger partial charge in [0.2, 0.25) is 0 Å². The Bertz CT molecular complexity index is 1220. The predicted octanol–water partition coefficient (Wildman–Crippen LogP) is 3.00. The SMILES string of the molecule is O=C(c1cccnc1)N1CCN(C(c2ccccc2)C2C=CC=CC2)C[C@@H]1Cc1noc(=O)[nH]1. The van der Waals surface area contributed by atoms with Gasteiger partial charge in [0.15, 0.2) is 5.82 Å². The lowest BCUT2D eigenvalue weighted by molar-refractivity contribution is 0.0273. The number of nitrogens with one attached hydrogen (secondary N) is 1. The van der Waals surface area contributed by atoms with E-state index in [1.807, 2.05) is 11.0 Å². The first kappa shape index (κ1) is 22.0. The zero-order valence-electron chi connectivity index (χ0n) is 18.8. The zero-order valence-corrected chi connectivity index (χ0v) is 18.8. The summed E-state index contributed by atoms with van der Waals surface area (Å²) < 4.78 is 4.72. The second kappa shape index (κ2) is 10.0. The molecule has 0 bridgehead atoms. The number of carbonyl (C=O) groups is 1. The first-order chi connectivity index (χ1) is 16.7. The first-order valence-corrected chi connectivity index (χ1v) is 11.6. The molecule has 1 saturated heterocycles. The monoisotopic (exact) mass is 457 g/mol. The normalized spacial score (nSPS) is 21.5. The van der Waals surface area contributed by atoms with Crippen molar-refractivity contribution in [2.45, 2.75) is 24.9 Å². The van der Waals surface area contributed by atoms with E-state index in [9.17, 15) is 9.59 Å². The molecule has 8 heteroatoms. The number of amides is 1. The second-order valence-electron chi connectivity index (χ2n) is 8.70. The van der Waals surface area contributed by atoms with E-state index in [0.717, 1.165) is 13.0 Å². The van der Waals surface area contributed by atoms with Gasteiger partial charge in [0.1, 0.15) is 0 Å². The topological polar surface area (TPSA) is 95.3 Å². The lowest BCUT2D eigenvalue weighted by Crippen LogP contribution is -2.57. The van der Waals surface area contributed by atoms with Crippen LogP contribution in [0, 0.1) is 5.92 Å². The summed E-state index contributed by atoms with van der Waals surface area (Å²) in [5.41, 5.74) is 1.81. The third-order valence-corrected chi connectivity index (χ3v) is 6.55. The van der Waals surface area contributed by atoms with Crippen LogP contribution in [0.15, 0.2) is 88.5 Å². The number of hydrogen-bond acceptors (Lipinski definition) is 6. The highest BCUT2D eigenvalue weighted by Crippen LogP contribution is 2.35. The highest BCUT2D eigenvalue weighted by Gasteiger charge is 2.37. The lowest BCUT2D eigenvalue weighted by atomic mass is 9.86. The predicted molar refractivity (Wildman–Crippen MR) is 127 cm³/mol. The van der Waals surface area contributed by atoms with Crippen molar-refractivity contribution >= 4 is 5.91 Å². The van der Waals surface area contributed by atoms with Gasteiger partial charge in [0, 0.05) is 50.4 Å². The summed E-state index contributed by atoms with van der Waals surface area (Å²) in [7, 11) is 0. The van der Waals surface area contributed by atoms with Crippen LogP contribution in [0.5, 0.6) is 0 Å². The number of piperazine rings is 1. The highest BCUT2D eigenvalue weighted by molar-refractivity contribution is 5.94. The molecule has 3 heterocycles. The third-order valence-electron chi connectivity index (χ3n) is 6.55. The summed E-state index contributed by atoms with van der Waals surface area (Å²) >= 11 is 0. The average molecular weight is 458 g/mol. The number of pyridine rings is 1. The van der Waals surface area contributed by atoms with Crippen LogP contribution in [0.1, 0.15) is 34.2 Å². The van der Waals surface area contributed by atoms with Crippen molar-refractivity contribution in [2.75, 3.05) is 19.6 Å². The van der Waals surface area contributed by atoms with Crippen LogP contribution in [0.4, 0.5) is 0 Å². The van der Waals surface area contributed by atoms with Crippen molar-refractivity contribution in [3.8, 4) is 0 Å². The number of nitrogens with zero attached hydrogens (tertiary/aromatic N) is 4. The number of H-pyrrole nitrogens is 1. The Labute approximate surface area is 197 Å². The molecule has 5 rings (SSSR count). The minimum absolute atomic E-state index is 0.0691. The van der Waals surface area contributed by atoms with Crippen LogP contribution >= 0.6 is 0 Å². The molecule has 34 heavy (non-hydrogen) atoms. The molecule has 0 saturated carbocycles. The zero-order chi connectivity index (χ0) is 23.3. The molecule has 1 fully saturated rings. The van der Waals surface area contributed by atoms with E-state index in [4.69, 9.17) is 4.52 Å². The van der Waals surface area contributed by atoms with Gasteiger partial charge in [-0.2, -0.15) is 0 Å². The van der Waals surface area contributed by atoms with Gasteiger partial charge >= 0.3 is 5.76 Å². The molecule has 174 valence electrons. The van der Waals surface area contributed by atoms with Crippen LogP contribution in [0.2, 0.25) is 0 Å². The third kappa shape index (κ3) is 4.77. The van der Waals surface area contributed by atoms with Gasteiger partial charge in [-0.05, 0) is 24.1 Å². The van der Waals surface area contributed by atoms with Gasteiger partial charge in [0.05, 0.1) is 11.6 Å². The number of carbonyl (C=O) groups excluding carboxylic acids is 1. The largest absolute Gasteiger partial charge is 0.438 e. The van der Waals surface area contributed by atoms with Gasteiger partial charge in [-0.15, -0.1) is 0 Å². The van der Waals surface area contributed by atoms with E-state index in [1.165, 1.54) is 5.56 Å². The molecule has 1 amide bonds. The van der Waals surface area contributed by atoms with Crippen LogP contribution in [0.3, 0.4) is 0 Å². The first-order valence-electron chi connectivity index (χ1n) is 11.6. The summed E-state index contributed by atoms with van der Waals surface area (Å²) in [5.74, 6) is 0.118. The van der Waals surface area contributed by atoms with Crippen molar-refractivity contribution in [2.24, 2.45) is 5.92 Å². The molecule has 2 aliphatic rings. The number of allylic oxidation sites excluding steroid dienone is 3. The fourth-order valence-electron chi connectivity index (χ4n) is 5.01. The van der Waals surface area contributed by atoms with E-state index in [-0.39, 0.29) is 18.0 Å². The van der Waals surface area contributed by atoms with Crippen LogP contribution in [-0.2, 0) is 6.42 Å². The fraction of sp³-hybridized carbons (Fsp3) is 0.308. The number of aromatic nitrogens is 3. The molecule has 1 aliphatic heterocycles. The van der Waals surface area contributed by atoms with E-state index in [1.54, 1.807) is 24.5 Å². The molecule has 2 unspecified atom stereocenters. The van der Waals surface area contributed by atoms with Crippen LogP contribution in [-0.4, -0.2) is 56.5 Å². The molecule has 3 aromatic rings. The minimum atomic E-state index is -0.589. The Morgan fingerprint density at radius 3 is 2.74 bits per heavy atom. The molecular weight excluding hydrogens is 430 g/mol. The van der Waals surface area contributed by atoms with Crippen molar-refractivity contribution in [3.05, 3.63) is 107 Å². The summed E-state index contributed by atoms with van der Waals surface area (Å²) in [6.45, 7) is 1.95. The Kier molecular flexibility index (Phi) is 6.49. The van der Waals surface area contributed by atoms with Gasteiger partial charge in [-0.3, -0.25) is 24.2 Å². The Balaban J connectivity index is 1.45. The highest BCUT2D eigenvalue weighted by atomic mass is 16.5. The molecule has 1 aromatic carbocycles. The minimum Gasteiger partial charge on any atom is -0.333 e. The van der Waals surface area contributed by atoms with E-state index < -0.39 is 5.76 Å². The van der Waals surface area contributed by atoms with Crippen molar-refractivity contribution in [3.63, 3.8) is 0 Å². The van der Waals surface area contributed by atoms with E-state index in [2.05, 4.69) is 68.6 Å². The molecular formula is C26H27N5O3. The maximum absolute atomic E-state index is 13.4.